The van der Waals surface area contributed by atoms with Crippen LogP contribution in [0.2, 0.25) is 0 Å². The first-order valence-electron chi connectivity index (χ1n) is 7.37. The highest BCUT2D eigenvalue weighted by molar-refractivity contribution is 4.93. The van der Waals surface area contributed by atoms with Gasteiger partial charge in [-0.15, -0.1) is 0 Å². The van der Waals surface area contributed by atoms with Crippen LogP contribution in [0.1, 0.15) is 59.8 Å². The van der Waals surface area contributed by atoms with E-state index in [1.54, 1.807) is 0 Å². The molecule has 0 radical (unpaired) electrons. The number of rotatable bonds is 6. The summed E-state index contributed by atoms with van der Waals surface area (Å²) in [4.78, 5) is 0. The minimum absolute atomic E-state index is 0.134. The van der Waals surface area contributed by atoms with Gasteiger partial charge in [0.15, 0.2) is 0 Å². The summed E-state index contributed by atoms with van der Waals surface area (Å²) < 4.78 is 11.5. The van der Waals surface area contributed by atoms with E-state index in [-0.39, 0.29) is 11.6 Å². The highest BCUT2D eigenvalue weighted by Gasteiger charge is 2.38. The molecule has 1 saturated heterocycles. The number of ether oxygens (including phenoxy) is 2. The molecule has 0 aromatic heterocycles. The average Bonchev–Trinajstić information content (AvgIpc) is 2.29. The molecule has 0 amide bonds. The quantitative estimate of drug-likeness (QED) is 0.795. The van der Waals surface area contributed by atoms with Gasteiger partial charge < -0.3 is 15.2 Å². The van der Waals surface area contributed by atoms with Gasteiger partial charge in [-0.2, -0.15) is 0 Å². The molecule has 108 valence electrons. The van der Waals surface area contributed by atoms with Gasteiger partial charge >= 0.3 is 0 Å². The van der Waals surface area contributed by atoms with Gasteiger partial charge in [0.1, 0.15) is 0 Å². The lowest BCUT2D eigenvalue weighted by Gasteiger charge is -2.41. The molecule has 0 aromatic carbocycles. The highest BCUT2D eigenvalue weighted by Crippen LogP contribution is 2.31. The molecule has 1 rings (SSSR count). The molecule has 1 aliphatic heterocycles. The van der Waals surface area contributed by atoms with Crippen LogP contribution < -0.4 is 5.73 Å². The zero-order valence-corrected chi connectivity index (χ0v) is 12.6. The van der Waals surface area contributed by atoms with E-state index in [9.17, 15) is 0 Å². The molecular weight excluding hydrogens is 226 g/mol. The molecule has 0 aliphatic carbocycles. The largest absolute Gasteiger partial charge is 0.381 e. The van der Waals surface area contributed by atoms with Crippen LogP contribution in [0.15, 0.2) is 0 Å². The molecule has 3 heteroatoms. The maximum atomic E-state index is 6.42. The Morgan fingerprint density at radius 3 is 2.39 bits per heavy atom. The van der Waals surface area contributed by atoms with E-state index >= 15 is 0 Å². The van der Waals surface area contributed by atoms with E-state index in [1.165, 1.54) is 12.8 Å². The van der Waals surface area contributed by atoms with Crippen molar-refractivity contribution in [2.24, 2.45) is 11.1 Å². The van der Waals surface area contributed by atoms with Gasteiger partial charge in [-0.1, -0.05) is 27.2 Å². The third kappa shape index (κ3) is 4.87. The Morgan fingerprint density at radius 1 is 1.28 bits per heavy atom. The summed E-state index contributed by atoms with van der Waals surface area (Å²) in [7, 11) is 0. The van der Waals surface area contributed by atoms with Crippen LogP contribution in [0.5, 0.6) is 0 Å². The molecule has 3 nitrogen and oxygen atoms in total. The Balaban J connectivity index is 2.46. The summed E-state index contributed by atoms with van der Waals surface area (Å²) in [5, 5.41) is 0. The zero-order chi connectivity index (χ0) is 13.6. The SMILES string of the molecule is CCOC1(C(N)CCCC(C)(C)C)CCOCC1. The molecule has 1 unspecified atom stereocenters. The van der Waals surface area contributed by atoms with Crippen LogP contribution in [-0.2, 0) is 9.47 Å². The summed E-state index contributed by atoms with van der Waals surface area (Å²) in [6, 6.07) is 0.142. The van der Waals surface area contributed by atoms with Crippen molar-refractivity contribution in [3.63, 3.8) is 0 Å². The van der Waals surface area contributed by atoms with Crippen LogP contribution in [0.25, 0.3) is 0 Å². The normalized spacial score (nSPS) is 21.8. The second-order valence-electron chi connectivity index (χ2n) is 6.67. The van der Waals surface area contributed by atoms with Gasteiger partial charge in [0.2, 0.25) is 0 Å². The van der Waals surface area contributed by atoms with Gasteiger partial charge in [0.25, 0.3) is 0 Å². The van der Waals surface area contributed by atoms with E-state index in [2.05, 4.69) is 27.7 Å². The van der Waals surface area contributed by atoms with Crippen molar-refractivity contribution in [1.29, 1.82) is 0 Å². The van der Waals surface area contributed by atoms with Crippen molar-refractivity contribution in [3.8, 4) is 0 Å². The van der Waals surface area contributed by atoms with E-state index in [4.69, 9.17) is 15.2 Å². The molecule has 18 heavy (non-hydrogen) atoms. The first kappa shape index (κ1) is 15.9. The molecule has 2 N–H and O–H groups in total. The van der Waals surface area contributed by atoms with Gasteiger partial charge in [-0.3, -0.25) is 0 Å². The van der Waals surface area contributed by atoms with Crippen LogP contribution >= 0.6 is 0 Å². The number of hydrogen-bond acceptors (Lipinski definition) is 3. The van der Waals surface area contributed by atoms with Crippen LogP contribution in [0.3, 0.4) is 0 Å². The van der Waals surface area contributed by atoms with Gasteiger partial charge in [0, 0.05) is 38.7 Å². The predicted molar refractivity (Wildman–Crippen MR) is 75.7 cm³/mol. The molecule has 0 bridgehead atoms. The van der Waals surface area contributed by atoms with Gasteiger partial charge in [0.05, 0.1) is 5.60 Å². The van der Waals surface area contributed by atoms with Crippen molar-refractivity contribution >= 4 is 0 Å². The predicted octanol–water partition coefficient (Wildman–Crippen LogP) is 3.12. The fraction of sp³-hybridized carbons (Fsp3) is 1.00. The van der Waals surface area contributed by atoms with Crippen molar-refractivity contribution < 1.29 is 9.47 Å². The van der Waals surface area contributed by atoms with E-state index in [0.717, 1.165) is 39.1 Å². The molecule has 1 fully saturated rings. The molecule has 0 saturated carbocycles. The molecule has 1 heterocycles. The highest BCUT2D eigenvalue weighted by atomic mass is 16.5. The Labute approximate surface area is 112 Å². The lowest BCUT2D eigenvalue weighted by Crippen LogP contribution is -2.53. The summed E-state index contributed by atoms with van der Waals surface area (Å²) in [5.74, 6) is 0. The fourth-order valence-corrected chi connectivity index (χ4v) is 2.74. The third-order valence-electron chi connectivity index (χ3n) is 3.89. The summed E-state index contributed by atoms with van der Waals surface area (Å²) in [6.07, 6.45) is 5.34. The number of nitrogens with two attached hydrogens (primary N) is 1. The monoisotopic (exact) mass is 257 g/mol. The van der Waals surface area contributed by atoms with E-state index < -0.39 is 0 Å². The maximum absolute atomic E-state index is 6.42. The van der Waals surface area contributed by atoms with Crippen molar-refractivity contribution in [1.82, 2.24) is 0 Å². The number of hydrogen-bond donors (Lipinski definition) is 1. The molecule has 0 aromatic rings. The van der Waals surface area contributed by atoms with Gasteiger partial charge in [-0.05, 0) is 25.2 Å². The molecular formula is C15H31NO2. The smallest absolute Gasteiger partial charge is 0.0876 e. The Kier molecular flexibility index (Phi) is 6.09. The first-order chi connectivity index (χ1) is 8.40. The molecule has 1 aliphatic rings. The van der Waals surface area contributed by atoms with Crippen LogP contribution in [0, 0.1) is 5.41 Å². The Bertz CT molecular complexity index is 224. The van der Waals surface area contributed by atoms with Crippen LogP contribution in [0.4, 0.5) is 0 Å². The fourth-order valence-electron chi connectivity index (χ4n) is 2.74. The average molecular weight is 257 g/mol. The van der Waals surface area contributed by atoms with Crippen molar-refractivity contribution in [2.75, 3.05) is 19.8 Å². The minimum Gasteiger partial charge on any atom is -0.381 e. The Hall–Kier alpha value is -0.120. The molecule has 1 atom stereocenters. The lowest BCUT2D eigenvalue weighted by atomic mass is 9.81. The van der Waals surface area contributed by atoms with E-state index in [0.29, 0.717) is 5.41 Å². The minimum atomic E-state index is -0.134. The van der Waals surface area contributed by atoms with Gasteiger partial charge in [-0.25, -0.2) is 0 Å². The third-order valence-corrected chi connectivity index (χ3v) is 3.89. The second-order valence-corrected chi connectivity index (χ2v) is 6.67. The first-order valence-corrected chi connectivity index (χ1v) is 7.37. The standard InChI is InChI=1S/C15H31NO2/c1-5-18-15(9-11-17-12-10-15)13(16)7-6-8-14(2,3)4/h13H,5-12,16H2,1-4H3. The topological polar surface area (TPSA) is 44.5 Å². The zero-order valence-electron chi connectivity index (χ0n) is 12.6. The van der Waals surface area contributed by atoms with Crippen molar-refractivity contribution in [3.05, 3.63) is 0 Å². The van der Waals surface area contributed by atoms with E-state index in [1.807, 2.05) is 0 Å². The maximum Gasteiger partial charge on any atom is 0.0876 e. The summed E-state index contributed by atoms with van der Waals surface area (Å²) >= 11 is 0. The Morgan fingerprint density at radius 2 is 1.89 bits per heavy atom. The summed E-state index contributed by atoms with van der Waals surface area (Å²) in [5.41, 5.74) is 6.68. The van der Waals surface area contributed by atoms with Crippen molar-refractivity contribution in [2.45, 2.75) is 71.4 Å². The summed E-state index contributed by atoms with van der Waals surface area (Å²) in [6.45, 7) is 11.2. The molecule has 0 spiro atoms. The van der Waals surface area contributed by atoms with Crippen LogP contribution in [-0.4, -0.2) is 31.5 Å². The second kappa shape index (κ2) is 6.88. The lowest BCUT2D eigenvalue weighted by molar-refractivity contribution is -0.122.